The molecule has 32 heavy (non-hydrogen) atoms. The lowest BCUT2D eigenvalue weighted by Crippen LogP contribution is -2.57. The Bertz CT molecular complexity index is 787. The van der Waals surface area contributed by atoms with Gasteiger partial charge in [-0.2, -0.15) is 0 Å². The Morgan fingerprint density at radius 3 is 2.44 bits per heavy atom. The Kier molecular flexibility index (Phi) is 9.31. The molecule has 1 aromatic carbocycles. The number of urea groups is 1. The molecule has 4 amide bonds. The van der Waals surface area contributed by atoms with Gasteiger partial charge in [0.15, 0.2) is 0 Å². The SMILES string of the molecule is CCOc1ccccc1NC(=O)N[C@H](C(=O)N(CC(=O)NO)CC1CCCC1)C(C)(C)C. The minimum atomic E-state index is -0.880. The van der Waals surface area contributed by atoms with E-state index in [1.54, 1.807) is 23.7 Å². The lowest BCUT2D eigenvalue weighted by molar-refractivity contribution is -0.142. The van der Waals surface area contributed by atoms with E-state index in [-0.39, 0.29) is 12.5 Å². The molecule has 9 heteroatoms. The molecule has 0 aliphatic heterocycles. The fourth-order valence-corrected chi connectivity index (χ4v) is 3.92. The van der Waals surface area contributed by atoms with Gasteiger partial charge in [0, 0.05) is 6.54 Å². The second-order valence-electron chi connectivity index (χ2n) is 9.23. The third-order valence-corrected chi connectivity index (χ3v) is 5.55. The molecule has 0 bridgehead atoms. The van der Waals surface area contributed by atoms with Gasteiger partial charge in [-0.15, -0.1) is 0 Å². The highest BCUT2D eigenvalue weighted by Gasteiger charge is 2.37. The van der Waals surface area contributed by atoms with Gasteiger partial charge in [0.2, 0.25) is 5.91 Å². The van der Waals surface area contributed by atoms with Crippen molar-refractivity contribution in [2.45, 2.75) is 59.4 Å². The molecule has 0 spiro atoms. The summed E-state index contributed by atoms with van der Waals surface area (Å²) in [5.41, 5.74) is 1.48. The molecule has 0 saturated heterocycles. The molecule has 178 valence electrons. The first-order valence-electron chi connectivity index (χ1n) is 11.2. The van der Waals surface area contributed by atoms with E-state index in [0.29, 0.717) is 30.5 Å². The maximum absolute atomic E-state index is 13.5. The van der Waals surface area contributed by atoms with Crippen LogP contribution in [0, 0.1) is 11.3 Å². The standard InChI is InChI=1S/C23H36N4O5/c1-5-32-18-13-9-8-12-17(18)24-22(30)25-20(23(2,3)4)21(29)27(15-19(28)26-31)14-16-10-6-7-11-16/h8-9,12-13,16,20,31H,5-7,10-11,14-15H2,1-4H3,(H,26,28)(H2,24,25,30)/t20-/m1/s1. The molecule has 9 nitrogen and oxygen atoms in total. The zero-order chi connectivity index (χ0) is 23.7. The summed E-state index contributed by atoms with van der Waals surface area (Å²) in [4.78, 5) is 39.6. The first kappa shape index (κ1) is 25.5. The maximum Gasteiger partial charge on any atom is 0.320 e. The minimum absolute atomic E-state index is 0.269. The monoisotopic (exact) mass is 448 g/mol. The van der Waals surface area contributed by atoms with Crippen LogP contribution < -0.4 is 20.9 Å². The Morgan fingerprint density at radius 2 is 1.84 bits per heavy atom. The van der Waals surface area contributed by atoms with Gasteiger partial charge in [0.1, 0.15) is 18.3 Å². The minimum Gasteiger partial charge on any atom is -0.492 e. The normalized spacial score (nSPS) is 15.0. The van der Waals surface area contributed by atoms with Crippen LogP contribution in [-0.2, 0) is 9.59 Å². The molecule has 0 aromatic heterocycles. The Hall–Kier alpha value is -2.81. The number of rotatable bonds is 9. The Balaban J connectivity index is 2.18. The fraction of sp³-hybridized carbons (Fsp3) is 0.609. The van der Waals surface area contributed by atoms with Crippen molar-refractivity contribution >= 4 is 23.5 Å². The Labute approximate surface area is 189 Å². The predicted molar refractivity (Wildman–Crippen MR) is 121 cm³/mol. The van der Waals surface area contributed by atoms with Crippen LogP contribution in [0.4, 0.5) is 10.5 Å². The van der Waals surface area contributed by atoms with Crippen molar-refractivity contribution in [1.29, 1.82) is 0 Å². The summed E-state index contributed by atoms with van der Waals surface area (Å²) >= 11 is 0. The van der Waals surface area contributed by atoms with Gasteiger partial charge in [-0.05, 0) is 43.2 Å². The molecular weight excluding hydrogens is 412 g/mol. The quantitative estimate of drug-likeness (QED) is 0.342. The van der Waals surface area contributed by atoms with Crippen LogP contribution in [0.5, 0.6) is 5.75 Å². The summed E-state index contributed by atoms with van der Waals surface area (Å²) in [6, 6.07) is 5.63. The number of amides is 4. The molecule has 4 N–H and O–H groups in total. The van der Waals surface area contributed by atoms with Crippen molar-refractivity contribution < 1.29 is 24.3 Å². The van der Waals surface area contributed by atoms with E-state index in [1.165, 1.54) is 4.90 Å². The molecule has 1 aromatic rings. The molecule has 0 heterocycles. The average molecular weight is 449 g/mol. The number of anilines is 1. The van der Waals surface area contributed by atoms with Crippen LogP contribution in [-0.4, -0.2) is 53.7 Å². The molecule has 1 saturated carbocycles. The van der Waals surface area contributed by atoms with Gasteiger partial charge in [0.05, 0.1) is 12.3 Å². The number of benzene rings is 1. The highest BCUT2D eigenvalue weighted by molar-refractivity contribution is 5.96. The molecule has 1 aliphatic rings. The van der Waals surface area contributed by atoms with E-state index < -0.39 is 23.4 Å². The summed E-state index contributed by atoms with van der Waals surface area (Å²) in [6.07, 6.45) is 4.18. The number of ether oxygens (including phenoxy) is 1. The molecule has 1 aliphatic carbocycles. The van der Waals surface area contributed by atoms with E-state index in [2.05, 4.69) is 10.6 Å². The number of hydrogen-bond donors (Lipinski definition) is 4. The molecule has 2 rings (SSSR count). The topological polar surface area (TPSA) is 120 Å². The summed E-state index contributed by atoms with van der Waals surface area (Å²) in [5.74, 6) is -0.190. The van der Waals surface area contributed by atoms with E-state index in [0.717, 1.165) is 25.7 Å². The summed E-state index contributed by atoms with van der Waals surface area (Å²) in [6.45, 7) is 8.00. The zero-order valence-electron chi connectivity index (χ0n) is 19.4. The molecule has 1 fully saturated rings. The molecule has 0 unspecified atom stereocenters. The van der Waals surface area contributed by atoms with Crippen molar-refractivity contribution in [2.24, 2.45) is 11.3 Å². The van der Waals surface area contributed by atoms with Gasteiger partial charge >= 0.3 is 6.03 Å². The predicted octanol–water partition coefficient (Wildman–Crippen LogP) is 3.15. The third kappa shape index (κ3) is 7.40. The molecular formula is C23H36N4O5. The number of nitrogens with one attached hydrogen (secondary N) is 3. The summed E-state index contributed by atoms with van der Waals surface area (Å²) in [7, 11) is 0. The fourth-order valence-electron chi connectivity index (χ4n) is 3.92. The van der Waals surface area contributed by atoms with Crippen LogP contribution in [0.1, 0.15) is 53.4 Å². The van der Waals surface area contributed by atoms with Crippen molar-refractivity contribution in [3.05, 3.63) is 24.3 Å². The van der Waals surface area contributed by atoms with Gasteiger partial charge in [0.25, 0.3) is 5.91 Å². The highest BCUT2D eigenvalue weighted by Crippen LogP contribution is 2.28. The summed E-state index contributed by atoms with van der Waals surface area (Å²) in [5, 5.41) is 14.5. The first-order chi connectivity index (χ1) is 15.2. The van der Waals surface area contributed by atoms with E-state index in [4.69, 9.17) is 9.94 Å². The molecule has 1 atom stereocenters. The second-order valence-corrected chi connectivity index (χ2v) is 9.23. The lowest BCUT2D eigenvalue weighted by atomic mass is 9.85. The first-order valence-corrected chi connectivity index (χ1v) is 11.2. The van der Waals surface area contributed by atoms with Crippen LogP contribution in [0.25, 0.3) is 0 Å². The summed E-state index contributed by atoms with van der Waals surface area (Å²) < 4.78 is 5.54. The Morgan fingerprint density at radius 1 is 1.19 bits per heavy atom. The van der Waals surface area contributed by atoms with Crippen LogP contribution >= 0.6 is 0 Å². The van der Waals surface area contributed by atoms with E-state index in [9.17, 15) is 14.4 Å². The van der Waals surface area contributed by atoms with Crippen LogP contribution in [0.3, 0.4) is 0 Å². The highest BCUT2D eigenvalue weighted by atomic mass is 16.5. The van der Waals surface area contributed by atoms with E-state index >= 15 is 0 Å². The third-order valence-electron chi connectivity index (χ3n) is 5.55. The second kappa shape index (κ2) is 11.7. The average Bonchev–Trinajstić information content (AvgIpc) is 3.25. The maximum atomic E-state index is 13.5. The molecule has 0 radical (unpaired) electrons. The number of nitrogens with zero attached hydrogens (tertiary/aromatic N) is 1. The number of hydrogen-bond acceptors (Lipinski definition) is 5. The smallest absolute Gasteiger partial charge is 0.320 e. The van der Waals surface area contributed by atoms with Crippen LogP contribution in [0.2, 0.25) is 0 Å². The van der Waals surface area contributed by atoms with Crippen molar-refractivity contribution in [1.82, 2.24) is 15.7 Å². The lowest BCUT2D eigenvalue weighted by Gasteiger charge is -2.35. The number of carbonyl (C=O) groups excluding carboxylic acids is 3. The van der Waals surface area contributed by atoms with Crippen molar-refractivity contribution in [3.63, 3.8) is 0 Å². The van der Waals surface area contributed by atoms with E-state index in [1.807, 2.05) is 33.8 Å². The number of carbonyl (C=O) groups is 3. The largest absolute Gasteiger partial charge is 0.492 e. The van der Waals surface area contributed by atoms with Gasteiger partial charge in [-0.3, -0.25) is 14.8 Å². The number of para-hydroxylation sites is 2. The zero-order valence-corrected chi connectivity index (χ0v) is 19.4. The van der Waals surface area contributed by atoms with Crippen LogP contribution in [0.15, 0.2) is 24.3 Å². The van der Waals surface area contributed by atoms with Crippen molar-refractivity contribution in [2.75, 3.05) is 25.0 Å². The van der Waals surface area contributed by atoms with Gasteiger partial charge < -0.3 is 20.3 Å². The van der Waals surface area contributed by atoms with Gasteiger partial charge in [-0.1, -0.05) is 45.7 Å². The van der Waals surface area contributed by atoms with Crippen molar-refractivity contribution in [3.8, 4) is 5.75 Å². The number of hydroxylamine groups is 1. The van der Waals surface area contributed by atoms with Gasteiger partial charge in [-0.25, -0.2) is 10.3 Å².